The zero-order chi connectivity index (χ0) is 12.1. The summed E-state index contributed by atoms with van der Waals surface area (Å²) < 4.78 is 0. The lowest BCUT2D eigenvalue weighted by Crippen LogP contribution is -2.29. The van der Waals surface area contributed by atoms with E-state index in [1.54, 1.807) is 0 Å². The molecule has 17 heavy (non-hydrogen) atoms. The minimum absolute atomic E-state index is 0.668. The maximum absolute atomic E-state index is 4.33. The molecule has 0 radical (unpaired) electrons. The van der Waals surface area contributed by atoms with Crippen LogP contribution in [0.3, 0.4) is 0 Å². The van der Waals surface area contributed by atoms with Crippen molar-refractivity contribution in [3.63, 3.8) is 0 Å². The number of rotatable bonds is 3. The summed E-state index contributed by atoms with van der Waals surface area (Å²) >= 11 is 0. The molecule has 3 heteroatoms. The number of pyridine rings is 1. The zero-order valence-corrected chi connectivity index (χ0v) is 10.9. The molecular formula is C14H23N3. The first-order chi connectivity index (χ1) is 8.24. The van der Waals surface area contributed by atoms with Crippen LogP contribution in [0.1, 0.15) is 30.5 Å². The summed E-state index contributed by atoms with van der Waals surface area (Å²) in [6, 6.07) is 4.91. The topological polar surface area (TPSA) is 28.2 Å². The maximum Gasteiger partial charge on any atom is 0.0372 e. The third-order valence-corrected chi connectivity index (χ3v) is 3.52. The van der Waals surface area contributed by atoms with Crippen molar-refractivity contribution >= 4 is 0 Å². The fourth-order valence-electron chi connectivity index (χ4n) is 2.31. The van der Waals surface area contributed by atoms with E-state index in [0.717, 1.165) is 12.2 Å². The van der Waals surface area contributed by atoms with E-state index in [-0.39, 0.29) is 0 Å². The Hall–Kier alpha value is -0.930. The molecule has 0 amide bonds. The Kier molecular flexibility index (Phi) is 4.51. The van der Waals surface area contributed by atoms with Crippen LogP contribution >= 0.6 is 0 Å². The molecule has 0 bridgehead atoms. The summed E-state index contributed by atoms with van der Waals surface area (Å²) in [5.74, 6) is 0. The van der Waals surface area contributed by atoms with E-state index in [4.69, 9.17) is 0 Å². The Morgan fingerprint density at radius 1 is 1.35 bits per heavy atom. The van der Waals surface area contributed by atoms with Crippen molar-refractivity contribution in [3.8, 4) is 0 Å². The molecule has 94 valence electrons. The molecule has 1 unspecified atom stereocenters. The number of likely N-dealkylation sites (tertiary alicyclic amines) is 1. The van der Waals surface area contributed by atoms with E-state index in [9.17, 15) is 0 Å². The third kappa shape index (κ3) is 4.10. The first kappa shape index (κ1) is 12.5. The van der Waals surface area contributed by atoms with Crippen LogP contribution in [0.4, 0.5) is 0 Å². The Labute approximate surface area is 104 Å². The van der Waals surface area contributed by atoms with Gasteiger partial charge in [-0.2, -0.15) is 0 Å². The van der Waals surface area contributed by atoms with Crippen LogP contribution in [0.5, 0.6) is 0 Å². The predicted octanol–water partition coefficient (Wildman–Crippen LogP) is 1.96. The molecule has 1 N–H and O–H groups in total. The number of hydrogen-bond donors (Lipinski definition) is 1. The molecule has 1 aromatic heterocycles. The highest BCUT2D eigenvalue weighted by molar-refractivity contribution is 5.12. The van der Waals surface area contributed by atoms with Crippen LogP contribution < -0.4 is 5.32 Å². The van der Waals surface area contributed by atoms with Crippen molar-refractivity contribution in [2.24, 2.45) is 0 Å². The largest absolute Gasteiger partial charge is 0.310 e. The van der Waals surface area contributed by atoms with Crippen LogP contribution in [0.2, 0.25) is 0 Å². The van der Waals surface area contributed by atoms with Gasteiger partial charge in [0, 0.05) is 24.5 Å². The monoisotopic (exact) mass is 233 g/mol. The summed E-state index contributed by atoms with van der Waals surface area (Å²) in [6.45, 7) is 5.42. The van der Waals surface area contributed by atoms with E-state index in [0.29, 0.717) is 6.04 Å². The van der Waals surface area contributed by atoms with Gasteiger partial charge < -0.3 is 10.2 Å². The van der Waals surface area contributed by atoms with Gasteiger partial charge in [0.1, 0.15) is 0 Å². The Balaban J connectivity index is 1.79. The molecule has 1 saturated heterocycles. The number of hydrogen-bond acceptors (Lipinski definition) is 3. The van der Waals surface area contributed by atoms with Crippen LogP contribution in [0.15, 0.2) is 18.3 Å². The van der Waals surface area contributed by atoms with Crippen LogP contribution in [-0.4, -0.2) is 36.1 Å². The molecule has 1 aliphatic rings. The van der Waals surface area contributed by atoms with Gasteiger partial charge in [-0.15, -0.1) is 0 Å². The van der Waals surface area contributed by atoms with E-state index < -0.39 is 0 Å². The van der Waals surface area contributed by atoms with Crippen molar-refractivity contribution in [2.75, 3.05) is 20.1 Å². The van der Waals surface area contributed by atoms with Gasteiger partial charge in [0.15, 0.2) is 0 Å². The van der Waals surface area contributed by atoms with E-state index in [2.05, 4.69) is 34.4 Å². The van der Waals surface area contributed by atoms with Crippen molar-refractivity contribution in [1.82, 2.24) is 15.2 Å². The summed E-state index contributed by atoms with van der Waals surface area (Å²) in [5, 5.41) is 3.65. The zero-order valence-electron chi connectivity index (χ0n) is 10.9. The van der Waals surface area contributed by atoms with Gasteiger partial charge in [0.25, 0.3) is 0 Å². The lowest BCUT2D eigenvalue weighted by molar-refractivity contribution is 0.343. The maximum atomic E-state index is 4.33. The molecule has 0 aliphatic carbocycles. The molecule has 0 spiro atoms. The van der Waals surface area contributed by atoms with Crippen LogP contribution in [0, 0.1) is 6.92 Å². The minimum atomic E-state index is 0.668. The number of aromatic nitrogens is 1. The van der Waals surface area contributed by atoms with Gasteiger partial charge in [-0.1, -0.05) is 6.07 Å². The first-order valence-corrected chi connectivity index (χ1v) is 6.57. The average Bonchev–Trinajstić information content (AvgIpc) is 2.54. The molecule has 2 heterocycles. The molecule has 0 aromatic carbocycles. The Morgan fingerprint density at radius 3 is 3.00 bits per heavy atom. The van der Waals surface area contributed by atoms with Crippen molar-refractivity contribution in [1.29, 1.82) is 0 Å². The van der Waals surface area contributed by atoms with Crippen LogP contribution in [-0.2, 0) is 6.54 Å². The highest BCUT2D eigenvalue weighted by Crippen LogP contribution is 2.10. The summed E-state index contributed by atoms with van der Waals surface area (Å²) in [6.07, 6.45) is 5.84. The number of nitrogens with zero attached hydrogens (tertiary/aromatic N) is 2. The van der Waals surface area contributed by atoms with Gasteiger partial charge in [-0.05, 0) is 58.0 Å². The second-order valence-electron chi connectivity index (χ2n) is 5.12. The lowest BCUT2D eigenvalue weighted by atomic mass is 10.1. The molecule has 1 aromatic rings. The quantitative estimate of drug-likeness (QED) is 0.865. The summed E-state index contributed by atoms with van der Waals surface area (Å²) in [7, 11) is 2.21. The highest BCUT2D eigenvalue weighted by atomic mass is 15.1. The molecule has 3 nitrogen and oxygen atoms in total. The molecule has 1 fully saturated rings. The molecule has 1 atom stereocenters. The van der Waals surface area contributed by atoms with Gasteiger partial charge in [-0.25, -0.2) is 0 Å². The lowest BCUT2D eigenvalue weighted by Gasteiger charge is -2.16. The van der Waals surface area contributed by atoms with E-state index >= 15 is 0 Å². The van der Waals surface area contributed by atoms with Gasteiger partial charge in [-0.3, -0.25) is 4.98 Å². The first-order valence-electron chi connectivity index (χ1n) is 6.57. The second kappa shape index (κ2) is 6.12. The molecule has 1 aliphatic heterocycles. The van der Waals surface area contributed by atoms with Gasteiger partial charge >= 0.3 is 0 Å². The fourth-order valence-corrected chi connectivity index (χ4v) is 2.31. The molecule has 0 saturated carbocycles. The SMILES string of the molecule is Cc1ccc(CNC2CCCN(C)CC2)cn1. The van der Waals surface area contributed by atoms with E-state index in [1.807, 2.05) is 13.1 Å². The van der Waals surface area contributed by atoms with E-state index in [1.165, 1.54) is 37.9 Å². The average molecular weight is 233 g/mol. The summed E-state index contributed by atoms with van der Waals surface area (Å²) in [5.41, 5.74) is 2.37. The standard InChI is InChI=1S/C14H23N3/c1-12-5-6-13(10-15-12)11-16-14-4-3-8-17(2)9-7-14/h5-6,10,14,16H,3-4,7-9,11H2,1-2H3. The Morgan fingerprint density at radius 2 is 2.24 bits per heavy atom. The van der Waals surface area contributed by atoms with Crippen molar-refractivity contribution in [2.45, 2.75) is 38.8 Å². The Bertz CT molecular complexity index is 334. The fraction of sp³-hybridized carbons (Fsp3) is 0.643. The number of nitrogens with one attached hydrogen (secondary N) is 1. The molecule has 2 rings (SSSR count). The van der Waals surface area contributed by atoms with Crippen LogP contribution in [0.25, 0.3) is 0 Å². The second-order valence-corrected chi connectivity index (χ2v) is 5.12. The third-order valence-electron chi connectivity index (χ3n) is 3.52. The van der Waals surface area contributed by atoms with Gasteiger partial charge in [0.2, 0.25) is 0 Å². The highest BCUT2D eigenvalue weighted by Gasteiger charge is 2.13. The predicted molar refractivity (Wildman–Crippen MR) is 70.9 cm³/mol. The normalized spacial score (nSPS) is 22.4. The minimum Gasteiger partial charge on any atom is -0.310 e. The number of aryl methyl sites for hydroxylation is 1. The smallest absolute Gasteiger partial charge is 0.0372 e. The van der Waals surface area contributed by atoms with Gasteiger partial charge in [0.05, 0.1) is 0 Å². The molecular weight excluding hydrogens is 210 g/mol. The van der Waals surface area contributed by atoms with Crippen molar-refractivity contribution < 1.29 is 0 Å². The summed E-state index contributed by atoms with van der Waals surface area (Å²) in [4.78, 5) is 6.75. The van der Waals surface area contributed by atoms with Crippen molar-refractivity contribution in [3.05, 3.63) is 29.6 Å².